The van der Waals surface area contributed by atoms with Gasteiger partial charge in [0.1, 0.15) is 24.4 Å². The van der Waals surface area contributed by atoms with Gasteiger partial charge in [-0.15, -0.1) is 0 Å². The van der Waals surface area contributed by atoms with Gasteiger partial charge in [0.15, 0.2) is 12.1 Å². The third-order valence-electron chi connectivity index (χ3n) is 3.12. The number of aliphatic hydroxyl groups is 1. The van der Waals surface area contributed by atoms with Gasteiger partial charge in [-0.25, -0.2) is 0 Å². The van der Waals surface area contributed by atoms with Crippen molar-refractivity contribution in [1.29, 1.82) is 0 Å². The number of hydrogen-bond acceptors (Lipinski definition) is 6. The molecule has 0 aromatic carbocycles. The van der Waals surface area contributed by atoms with Crippen LogP contribution in [0.25, 0.3) is 0 Å². The molecule has 2 aliphatic heterocycles. The number of ether oxygens (including phenoxy) is 5. The summed E-state index contributed by atoms with van der Waals surface area (Å²) in [5.74, 6) is -0.703. The summed E-state index contributed by atoms with van der Waals surface area (Å²) in [4.78, 5) is 0. The van der Waals surface area contributed by atoms with Crippen molar-refractivity contribution in [1.82, 2.24) is 0 Å². The molecule has 6 nitrogen and oxygen atoms in total. The Bertz CT molecular complexity index is 269. The minimum Gasteiger partial charge on any atom is -0.394 e. The van der Waals surface area contributed by atoms with Gasteiger partial charge in [-0.3, -0.25) is 0 Å². The van der Waals surface area contributed by atoms with Gasteiger partial charge >= 0.3 is 0 Å². The maximum atomic E-state index is 9.32. The van der Waals surface area contributed by atoms with E-state index in [0.717, 1.165) is 0 Å². The van der Waals surface area contributed by atoms with Crippen molar-refractivity contribution >= 4 is 0 Å². The molecule has 2 saturated heterocycles. The molecule has 0 aliphatic carbocycles. The maximum absolute atomic E-state index is 9.32. The molecular formula is C11H20O6. The highest BCUT2D eigenvalue weighted by Crippen LogP contribution is 2.38. The van der Waals surface area contributed by atoms with E-state index in [-0.39, 0.29) is 24.9 Å². The van der Waals surface area contributed by atoms with Crippen LogP contribution in [0, 0.1) is 0 Å². The molecule has 17 heavy (non-hydrogen) atoms. The minimum atomic E-state index is -0.703. The fraction of sp³-hybridized carbons (Fsp3) is 1.00. The van der Waals surface area contributed by atoms with Gasteiger partial charge in [-0.05, 0) is 13.8 Å². The van der Waals surface area contributed by atoms with E-state index < -0.39 is 18.2 Å². The minimum absolute atomic E-state index is 0.142. The van der Waals surface area contributed by atoms with Crippen molar-refractivity contribution in [3.63, 3.8) is 0 Å². The summed E-state index contributed by atoms with van der Waals surface area (Å²) in [6, 6.07) is 0. The van der Waals surface area contributed by atoms with Crippen LogP contribution in [0.3, 0.4) is 0 Å². The zero-order valence-corrected chi connectivity index (χ0v) is 10.6. The van der Waals surface area contributed by atoms with Crippen molar-refractivity contribution in [2.75, 3.05) is 20.8 Å². The summed E-state index contributed by atoms with van der Waals surface area (Å²) in [6.45, 7) is 3.51. The van der Waals surface area contributed by atoms with Crippen LogP contribution in [0.4, 0.5) is 0 Å². The van der Waals surface area contributed by atoms with E-state index in [4.69, 9.17) is 23.7 Å². The van der Waals surface area contributed by atoms with Crippen LogP contribution in [-0.2, 0) is 23.7 Å². The van der Waals surface area contributed by atoms with E-state index >= 15 is 0 Å². The molecule has 2 rings (SSSR count). The normalized spacial score (nSPS) is 44.6. The quantitative estimate of drug-likeness (QED) is 0.751. The van der Waals surface area contributed by atoms with Gasteiger partial charge in [0.2, 0.25) is 0 Å². The van der Waals surface area contributed by atoms with E-state index in [1.165, 1.54) is 7.11 Å². The Morgan fingerprint density at radius 1 is 1.12 bits per heavy atom. The number of methoxy groups -OCH3 is 2. The van der Waals surface area contributed by atoms with E-state index in [2.05, 4.69) is 0 Å². The molecule has 2 aliphatic rings. The average molecular weight is 248 g/mol. The van der Waals surface area contributed by atoms with Gasteiger partial charge in [0, 0.05) is 14.2 Å². The highest BCUT2D eigenvalue weighted by atomic mass is 16.8. The molecule has 0 aromatic heterocycles. The summed E-state index contributed by atoms with van der Waals surface area (Å²) in [5, 5.41) is 9.32. The standard InChI is InChI=1S/C11H20O6/c1-11(2)16-7-6(5-12)15-10(14-4)9(13-3)8(7)17-11/h6-10,12H,5H2,1-4H3/t6?,7-,8?,9?,10-/m0/s1. The van der Waals surface area contributed by atoms with Crippen LogP contribution in [0.2, 0.25) is 0 Å². The van der Waals surface area contributed by atoms with Crippen molar-refractivity contribution < 1.29 is 28.8 Å². The van der Waals surface area contributed by atoms with Crippen molar-refractivity contribution in [2.24, 2.45) is 0 Å². The topological polar surface area (TPSA) is 66.4 Å². The lowest BCUT2D eigenvalue weighted by atomic mass is 9.99. The first kappa shape index (κ1) is 13.2. The molecule has 3 unspecified atom stereocenters. The van der Waals surface area contributed by atoms with E-state index in [1.54, 1.807) is 7.11 Å². The predicted molar refractivity (Wildman–Crippen MR) is 57.4 cm³/mol. The number of rotatable bonds is 3. The number of fused-ring (bicyclic) bond motifs is 1. The zero-order valence-electron chi connectivity index (χ0n) is 10.6. The van der Waals surface area contributed by atoms with Gasteiger partial charge in [-0.2, -0.15) is 0 Å². The lowest BCUT2D eigenvalue weighted by Crippen LogP contribution is -2.58. The summed E-state index contributed by atoms with van der Waals surface area (Å²) in [6.07, 6.45) is -2.03. The molecule has 0 saturated carbocycles. The molecule has 0 bridgehead atoms. The average Bonchev–Trinajstić information content (AvgIpc) is 2.61. The monoisotopic (exact) mass is 248 g/mol. The zero-order chi connectivity index (χ0) is 12.6. The molecule has 0 radical (unpaired) electrons. The Labute approximate surface area is 101 Å². The predicted octanol–water partition coefficient (Wildman–Crippen LogP) is -0.115. The summed E-state index contributed by atoms with van der Waals surface area (Å²) < 4.78 is 27.7. The van der Waals surface area contributed by atoms with E-state index in [0.29, 0.717) is 0 Å². The summed E-state index contributed by atoms with van der Waals surface area (Å²) in [7, 11) is 3.11. The number of hydrogen-bond donors (Lipinski definition) is 1. The van der Waals surface area contributed by atoms with Crippen LogP contribution >= 0.6 is 0 Å². The third kappa shape index (κ3) is 2.33. The lowest BCUT2D eigenvalue weighted by Gasteiger charge is -2.40. The first-order valence-electron chi connectivity index (χ1n) is 5.70. The van der Waals surface area contributed by atoms with Crippen LogP contribution in [0.1, 0.15) is 13.8 Å². The molecule has 0 spiro atoms. The first-order chi connectivity index (χ1) is 8.02. The van der Waals surface area contributed by atoms with Crippen LogP contribution in [0.5, 0.6) is 0 Å². The molecule has 0 aromatic rings. The highest BCUT2D eigenvalue weighted by Gasteiger charge is 2.55. The second-order valence-electron chi connectivity index (χ2n) is 4.73. The molecule has 6 heteroatoms. The van der Waals surface area contributed by atoms with E-state index in [9.17, 15) is 5.11 Å². The first-order valence-corrected chi connectivity index (χ1v) is 5.70. The van der Waals surface area contributed by atoms with Crippen LogP contribution in [0.15, 0.2) is 0 Å². The lowest BCUT2D eigenvalue weighted by molar-refractivity contribution is -0.279. The molecular weight excluding hydrogens is 228 g/mol. The highest BCUT2D eigenvalue weighted by molar-refractivity contribution is 4.97. The molecule has 2 heterocycles. The summed E-state index contributed by atoms with van der Waals surface area (Å²) in [5.41, 5.74) is 0. The van der Waals surface area contributed by atoms with Crippen LogP contribution in [-0.4, -0.2) is 62.4 Å². The molecule has 1 N–H and O–H groups in total. The Morgan fingerprint density at radius 3 is 2.29 bits per heavy atom. The van der Waals surface area contributed by atoms with Crippen LogP contribution < -0.4 is 0 Å². The fourth-order valence-electron chi connectivity index (χ4n) is 2.42. The van der Waals surface area contributed by atoms with Crippen molar-refractivity contribution in [2.45, 2.75) is 50.3 Å². The Kier molecular flexibility index (Phi) is 3.72. The summed E-state index contributed by atoms with van der Waals surface area (Å²) >= 11 is 0. The molecule has 2 fully saturated rings. The van der Waals surface area contributed by atoms with Crippen molar-refractivity contribution in [3.05, 3.63) is 0 Å². The van der Waals surface area contributed by atoms with Gasteiger partial charge in [0.05, 0.1) is 6.61 Å². The number of aliphatic hydroxyl groups excluding tert-OH is 1. The largest absolute Gasteiger partial charge is 0.394 e. The van der Waals surface area contributed by atoms with Gasteiger partial charge in [0.25, 0.3) is 0 Å². The maximum Gasteiger partial charge on any atom is 0.186 e. The molecule has 0 amide bonds. The van der Waals surface area contributed by atoms with Crippen molar-refractivity contribution in [3.8, 4) is 0 Å². The second kappa shape index (κ2) is 4.79. The molecule has 100 valence electrons. The Balaban J connectivity index is 2.21. The van der Waals surface area contributed by atoms with Gasteiger partial charge < -0.3 is 28.8 Å². The molecule has 5 atom stereocenters. The Morgan fingerprint density at radius 2 is 1.76 bits per heavy atom. The van der Waals surface area contributed by atoms with E-state index in [1.807, 2.05) is 13.8 Å². The Hall–Kier alpha value is -0.240. The smallest absolute Gasteiger partial charge is 0.186 e. The van der Waals surface area contributed by atoms with Gasteiger partial charge in [-0.1, -0.05) is 0 Å². The fourth-order valence-corrected chi connectivity index (χ4v) is 2.42. The second-order valence-corrected chi connectivity index (χ2v) is 4.73. The SMILES string of the molecule is COC1C2OC(C)(C)O[C@H]2C(CO)O[C@@H]1OC. The third-order valence-corrected chi connectivity index (χ3v) is 3.12.